The molecule has 0 amide bonds. The molecule has 6 aliphatic rings. The van der Waals surface area contributed by atoms with E-state index in [2.05, 4.69) is 109 Å². The largest absolute Gasteiger partial charge is 0.382 e. The number of rotatable bonds is 10. The monoisotopic (exact) mass is 746 g/mol. The number of aliphatic hydroxyl groups is 2. The first-order valence-corrected chi connectivity index (χ1v) is 21.6. The summed E-state index contributed by atoms with van der Waals surface area (Å²) in [4.78, 5) is 9.33. The van der Waals surface area contributed by atoms with Gasteiger partial charge in [-0.25, -0.2) is 0 Å². The van der Waals surface area contributed by atoms with Gasteiger partial charge in [0.1, 0.15) is 37.4 Å². The van der Waals surface area contributed by atoms with Crippen LogP contribution in [0.5, 0.6) is 0 Å². The van der Waals surface area contributed by atoms with Crippen LogP contribution in [0.3, 0.4) is 0 Å². The molecule has 0 radical (unpaired) electrons. The number of hydrogen-bond donors (Lipinski definition) is 2. The zero-order valence-corrected chi connectivity index (χ0v) is 33.2. The molecule has 0 saturated carbocycles. The molecular weight excluding hydrogens is 689 g/mol. The summed E-state index contributed by atoms with van der Waals surface area (Å²) in [7, 11) is 0. The van der Waals surface area contributed by atoms with Gasteiger partial charge in [0.25, 0.3) is 0 Å². The summed E-state index contributed by atoms with van der Waals surface area (Å²) < 4.78 is 1.87. The second-order valence-corrected chi connectivity index (χ2v) is 18.3. The highest BCUT2D eigenvalue weighted by molar-refractivity contribution is 5.84. The Morgan fingerprint density at radius 3 is 1.46 bits per heavy atom. The lowest BCUT2D eigenvalue weighted by atomic mass is 9.69. The standard InChI is InChI=1S/C50H58N4O2/c1-3-33-29-53(23-19-37(33)27-47(53)49(55)43-17-21-51-45-15-9-7-13-41(43)45)31-39-25-35-11-5-6-12-36(35)26-40(39)32-54-24-20-38(34(4-2)30-54)28-48(54)50(56)44-18-22-52-46-16-10-8-14-42(44)46/h5-18,21-22,25-26,33-34,37-38,47-50,55-56H,3-4,19-20,23-24,27-32H2,1-2H3/q+2/t33-,34-,37-,38-,47-,48-,49+,50+,53-,54-/m0/s1. The van der Waals surface area contributed by atoms with Crippen LogP contribution in [-0.2, 0) is 13.1 Å². The molecule has 6 aromatic rings. The van der Waals surface area contributed by atoms with E-state index in [0.717, 1.165) is 94.0 Å². The van der Waals surface area contributed by atoms with Crippen LogP contribution < -0.4 is 0 Å². The Labute approximate surface area is 332 Å². The van der Waals surface area contributed by atoms with Crippen LogP contribution in [0.2, 0.25) is 0 Å². The van der Waals surface area contributed by atoms with Gasteiger partial charge in [-0.1, -0.05) is 74.5 Å². The van der Waals surface area contributed by atoms with Crippen molar-refractivity contribution in [2.24, 2.45) is 23.7 Å². The van der Waals surface area contributed by atoms with E-state index < -0.39 is 12.2 Å². The molecule has 4 aromatic carbocycles. The van der Waals surface area contributed by atoms with Gasteiger partial charge in [0.15, 0.2) is 0 Å². The number of aliphatic hydroxyl groups excluding tert-OH is 2. The number of benzene rings is 4. The van der Waals surface area contributed by atoms with Gasteiger partial charge >= 0.3 is 0 Å². The molecule has 6 aliphatic heterocycles. The molecule has 0 aliphatic carbocycles. The van der Waals surface area contributed by atoms with Crippen molar-refractivity contribution in [3.63, 3.8) is 0 Å². The van der Waals surface area contributed by atoms with E-state index in [4.69, 9.17) is 0 Å². The smallest absolute Gasteiger partial charge is 0.131 e. The number of para-hydroxylation sites is 2. The van der Waals surface area contributed by atoms with Gasteiger partial charge in [-0.15, -0.1) is 0 Å². The van der Waals surface area contributed by atoms with E-state index in [-0.39, 0.29) is 12.1 Å². The molecule has 6 nitrogen and oxygen atoms in total. The number of aromatic nitrogens is 2. The van der Waals surface area contributed by atoms with E-state index in [1.807, 2.05) is 24.5 Å². The highest BCUT2D eigenvalue weighted by Crippen LogP contribution is 2.51. The molecule has 2 aromatic heterocycles. The highest BCUT2D eigenvalue weighted by Gasteiger charge is 2.56. The van der Waals surface area contributed by atoms with Crippen molar-refractivity contribution in [1.29, 1.82) is 0 Å². The first-order valence-electron chi connectivity index (χ1n) is 21.6. The first kappa shape index (κ1) is 36.2. The van der Waals surface area contributed by atoms with Gasteiger partial charge in [0.2, 0.25) is 0 Å². The van der Waals surface area contributed by atoms with Gasteiger partial charge in [0, 0.05) is 71.8 Å². The Hall–Kier alpha value is -4.20. The summed E-state index contributed by atoms with van der Waals surface area (Å²) in [5.74, 6) is 2.67. The molecule has 12 rings (SSSR count). The number of hydrogen-bond acceptors (Lipinski definition) is 4. The Morgan fingerprint density at radius 2 is 1.02 bits per heavy atom. The molecule has 6 fully saturated rings. The van der Waals surface area contributed by atoms with Crippen molar-refractivity contribution in [2.45, 2.75) is 89.8 Å². The number of nitrogens with zero attached hydrogens (tertiary/aromatic N) is 4. The molecule has 6 saturated heterocycles. The van der Waals surface area contributed by atoms with Crippen molar-refractivity contribution in [3.8, 4) is 0 Å². The highest BCUT2D eigenvalue weighted by atomic mass is 16.3. The van der Waals surface area contributed by atoms with E-state index in [1.165, 1.54) is 47.6 Å². The molecule has 0 spiro atoms. The van der Waals surface area contributed by atoms with Crippen molar-refractivity contribution >= 4 is 32.6 Å². The number of pyridine rings is 2. The van der Waals surface area contributed by atoms with Gasteiger partial charge in [-0.2, -0.15) is 0 Å². The fourth-order valence-corrected chi connectivity index (χ4v) is 12.8. The molecule has 2 N–H and O–H groups in total. The maximum Gasteiger partial charge on any atom is 0.131 e. The second kappa shape index (κ2) is 14.3. The molecule has 288 valence electrons. The quantitative estimate of drug-likeness (QED) is 0.137. The summed E-state index contributed by atoms with van der Waals surface area (Å²) >= 11 is 0. The molecule has 4 bridgehead atoms. The van der Waals surface area contributed by atoms with Crippen LogP contribution in [-0.4, -0.2) is 67.4 Å². The van der Waals surface area contributed by atoms with Crippen LogP contribution >= 0.6 is 0 Å². The molecule has 6 heteroatoms. The minimum absolute atomic E-state index is 0.124. The predicted molar refractivity (Wildman–Crippen MR) is 225 cm³/mol. The van der Waals surface area contributed by atoms with E-state index in [9.17, 15) is 10.2 Å². The number of quaternary nitrogens is 2. The molecule has 0 unspecified atom stereocenters. The van der Waals surface area contributed by atoms with Crippen LogP contribution in [0, 0.1) is 23.7 Å². The Morgan fingerprint density at radius 1 is 0.589 bits per heavy atom. The predicted octanol–water partition coefficient (Wildman–Crippen LogP) is 9.67. The maximum atomic E-state index is 12.6. The van der Waals surface area contributed by atoms with Crippen LogP contribution in [0.4, 0.5) is 0 Å². The van der Waals surface area contributed by atoms with Crippen LogP contribution in [0.1, 0.15) is 86.8 Å². The molecular formula is C50H58N4O2+2. The fraction of sp³-hybridized carbons (Fsp3) is 0.440. The third-order valence-electron chi connectivity index (χ3n) is 15.7. The molecule has 8 heterocycles. The van der Waals surface area contributed by atoms with E-state index >= 15 is 0 Å². The lowest BCUT2D eigenvalue weighted by Gasteiger charge is -2.59. The van der Waals surface area contributed by atoms with Crippen molar-refractivity contribution in [3.05, 3.63) is 132 Å². The Bertz CT molecular complexity index is 2220. The average Bonchev–Trinajstić information content (AvgIpc) is 3.25. The normalized spacial score (nSPS) is 30.9. The van der Waals surface area contributed by atoms with Crippen molar-refractivity contribution in [1.82, 2.24) is 9.97 Å². The lowest BCUT2D eigenvalue weighted by molar-refractivity contribution is -0.988. The molecule has 10 atom stereocenters. The zero-order chi connectivity index (χ0) is 38.0. The van der Waals surface area contributed by atoms with Gasteiger partial charge in [0.05, 0.1) is 37.2 Å². The lowest BCUT2D eigenvalue weighted by Crippen LogP contribution is -2.68. The minimum atomic E-state index is -0.560. The minimum Gasteiger partial charge on any atom is -0.382 e. The third kappa shape index (κ3) is 5.98. The molecule has 56 heavy (non-hydrogen) atoms. The summed E-state index contributed by atoms with van der Waals surface area (Å²) in [6.45, 7) is 11.1. The van der Waals surface area contributed by atoms with Crippen molar-refractivity contribution in [2.75, 3.05) is 26.2 Å². The topological polar surface area (TPSA) is 66.2 Å². The Balaban J connectivity index is 1.07. The van der Waals surface area contributed by atoms with Gasteiger partial charge in [-0.05, 0) is 83.0 Å². The number of fused-ring (bicyclic) bond motifs is 9. The SMILES string of the molecule is CC[C@H]1C[N@+]2(Cc3cc4ccccc4cc3C[N@@+]34CC[C@@H](C[C@H]3[C@H](O)c3ccnc5ccccc35)[C@@H](CC)C4)CC[C@H]1C[C@H]2[C@H](O)c1ccnc2ccccc12. The maximum absolute atomic E-state index is 12.6. The first-order chi connectivity index (χ1) is 27.4. The van der Waals surface area contributed by atoms with Crippen LogP contribution in [0.25, 0.3) is 32.6 Å². The third-order valence-corrected chi connectivity index (χ3v) is 15.7. The summed E-state index contributed by atoms with van der Waals surface area (Å²) in [6, 6.07) is 35.0. The second-order valence-electron chi connectivity index (χ2n) is 18.3. The summed E-state index contributed by atoms with van der Waals surface area (Å²) in [5, 5.41) is 30.0. The van der Waals surface area contributed by atoms with E-state index in [0.29, 0.717) is 23.7 Å². The average molecular weight is 747 g/mol. The van der Waals surface area contributed by atoms with Gasteiger partial charge in [-0.3, -0.25) is 9.97 Å². The number of piperidine rings is 6. The van der Waals surface area contributed by atoms with E-state index in [1.54, 1.807) is 0 Å². The summed E-state index contributed by atoms with van der Waals surface area (Å²) in [6.07, 6.45) is 9.63. The fourth-order valence-electron chi connectivity index (χ4n) is 12.8. The van der Waals surface area contributed by atoms with Gasteiger partial charge < -0.3 is 19.2 Å². The van der Waals surface area contributed by atoms with Crippen LogP contribution in [0.15, 0.2) is 109 Å². The zero-order valence-electron chi connectivity index (χ0n) is 33.2. The van der Waals surface area contributed by atoms with Crippen molar-refractivity contribution < 1.29 is 19.2 Å². The Kier molecular flexibility index (Phi) is 9.25. The summed E-state index contributed by atoms with van der Waals surface area (Å²) in [5.41, 5.74) is 6.83.